The molecule has 2 aromatic carbocycles. The molecule has 4 nitrogen and oxygen atoms in total. The molecule has 1 aromatic heterocycles. The molecule has 0 aliphatic heterocycles. The van der Waals surface area contributed by atoms with Crippen molar-refractivity contribution in [1.82, 2.24) is 9.78 Å². The predicted octanol–water partition coefficient (Wildman–Crippen LogP) is 4.05. The highest BCUT2D eigenvalue weighted by molar-refractivity contribution is 7.99. The molecule has 0 radical (unpaired) electrons. The Morgan fingerprint density at radius 3 is 2.58 bits per heavy atom. The second kappa shape index (κ2) is 7.84. The van der Waals surface area contributed by atoms with Gasteiger partial charge < -0.3 is 5.32 Å². The van der Waals surface area contributed by atoms with E-state index in [1.807, 2.05) is 36.5 Å². The SMILES string of the molecule is Cc1ccc(CSCC(=O)Nc2ccn(-c3ccccc3)n2)cc1. The summed E-state index contributed by atoms with van der Waals surface area (Å²) in [7, 11) is 0. The number of carbonyl (C=O) groups excluding carboxylic acids is 1. The van der Waals surface area contributed by atoms with Crippen LogP contribution in [0.4, 0.5) is 5.82 Å². The van der Waals surface area contributed by atoms with Gasteiger partial charge in [0.15, 0.2) is 5.82 Å². The summed E-state index contributed by atoms with van der Waals surface area (Å²) in [5.41, 5.74) is 3.44. The number of aromatic nitrogens is 2. The summed E-state index contributed by atoms with van der Waals surface area (Å²) in [4.78, 5) is 12.0. The topological polar surface area (TPSA) is 46.9 Å². The Bertz CT molecular complexity index is 797. The van der Waals surface area contributed by atoms with Crippen LogP contribution >= 0.6 is 11.8 Å². The zero-order valence-electron chi connectivity index (χ0n) is 13.5. The van der Waals surface area contributed by atoms with Gasteiger partial charge in [-0.1, -0.05) is 48.0 Å². The summed E-state index contributed by atoms with van der Waals surface area (Å²) >= 11 is 1.60. The fourth-order valence-electron chi connectivity index (χ4n) is 2.24. The van der Waals surface area contributed by atoms with E-state index < -0.39 is 0 Å². The van der Waals surface area contributed by atoms with E-state index in [0.717, 1.165) is 11.4 Å². The van der Waals surface area contributed by atoms with Crippen molar-refractivity contribution < 1.29 is 4.79 Å². The van der Waals surface area contributed by atoms with Crippen LogP contribution in [-0.4, -0.2) is 21.4 Å². The molecule has 5 heteroatoms. The Hall–Kier alpha value is -2.53. The minimum absolute atomic E-state index is 0.0366. The Balaban J connectivity index is 1.48. The highest BCUT2D eigenvalue weighted by Gasteiger charge is 2.06. The Morgan fingerprint density at radius 1 is 1.08 bits per heavy atom. The Labute approximate surface area is 145 Å². The first-order valence-corrected chi connectivity index (χ1v) is 8.90. The summed E-state index contributed by atoms with van der Waals surface area (Å²) in [5.74, 6) is 1.77. The van der Waals surface area contributed by atoms with Crippen molar-refractivity contribution in [3.8, 4) is 5.69 Å². The lowest BCUT2D eigenvalue weighted by atomic mass is 10.2. The van der Waals surface area contributed by atoms with Crippen molar-refractivity contribution >= 4 is 23.5 Å². The van der Waals surface area contributed by atoms with Crippen LogP contribution in [0.5, 0.6) is 0 Å². The molecule has 3 aromatic rings. The number of carbonyl (C=O) groups is 1. The van der Waals surface area contributed by atoms with Crippen molar-refractivity contribution in [1.29, 1.82) is 0 Å². The number of hydrogen-bond acceptors (Lipinski definition) is 3. The van der Waals surface area contributed by atoms with Gasteiger partial charge >= 0.3 is 0 Å². The van der Waals surface area contributed by atoms with Gasteiger partial charge in [0.05, 0.1) is 11.4 Å². The maximum Gasteiger partial charge on any atom is 0.235 e. The lowest BCUT2D eigenvalue weighted by molar-refractivity contribution is -0.113. The number of nitrogens with zero attached hydrogens (tertiary/aromatic N) is 2. The van der Waals surface area contributed by atoms with E-state index in [2.05, 4.69) is 41.6 Å². The number of anilines is 1. The normalized spacial score (nSPS) is 10.5. The molecule has 0 saturated heterocycles. The largest absolute Gasteiger partial charge is 0.308 e. The third-order valence-corrected chi connectivity index (χ3v) is 4.50. The molecule has 122 valence electrons. The van der Waals surface area contributed by atoms with Gasteiger partial charge in [-0.3, -0.25) is 4.79 Å². The molecule has 0 saturated carbocycles. The minimum atomic E-state index is -0.0366. The number of hydrogen-bond donors (Lipinski definition) is 1. The van der Waals surface area contributed by atoms with Crippen LogP contribution in [0, 0.1) is 6.92 Å². The number of para-hydroxylation sites is 1. The Kier molecular flexibility index (Phi) is 5.33. The van der Waals surface area contributed by atoms with Gasteiger partial charge in [0.2, 0.25) is 5.91 Å². The predicted molar refractivity (Wildman–Crippen MR) is 99.5 cm³/mol. The first kappa shape index (κ1) is 16.3. The molecule has 3 rings (SSSR count). The van der Waals surface area contributed by atoms with Crippen LogP contribution in [0.2, 0.25) is 0 Å². The van der Waals surface area contributed by atoms with Gasteiger partial charge in [-0.05, 0) is 24.6 Å². The molecule has 0 unspecified atom stereocenters. The van der Waals surface area contributed by atoms with Crippen LogP contribution in [0.3, 0.4) is 0 Å². The second-order valence-corrected chi connectivity index (χ2v) is 6.49. The van der Waals surface area contributed by atoms with E-state index in [9.17, 15) is 4.79 Å². The fourth-order valence-corrected chi connectivity index (χ4v) is 3.03. The third-order valence-electron chi connectivity index (χ3n) is 3.50. The van der Waals surface area contributed by atoms with E-state index in [1.165, 1.54) is 11.1 Å². The van der Waals surface area contributed by atoms with Gasteiger partial charge in [0.25, 0.3) is 0 Å². The lowest BCUT2D eigenvalue weighted by Gasteiger charge is -2.04. The monoisotopic (exact) mass is 337 g/mol. The highest BCUT2D eigenvalue weighted by Crippen LogP contribution is 2.14. The number of benzene rings is 2. The van der Waals surface area contributed by atoms with E-state index in [0.29, 0.717) is 11.6 Å². The molecule has 1 amide bonds. The summed E-state index contributed by atoms with van der Waals surface area (Å²) < 4.78 is 1.75. The average Bonchev–Trinajstić information content (AvgIpc) is 3.06. The smallest absolute Gasteiger partial charge is 0.235 e. The first-order valence-electron chi connectivity index (χ1n) is 7.75. The lowest BCUT2D eigenvalue weighted by Crippen LogP contribution is -2.14. The van der Waals surface area contributed by atoms with E-state index in [1.54, 1.807) is 22.5 Å². The van der Waals surface area contributed by atoms with Gasteiger partial charge in [-0.25, -0.2) is 4.68 Å². The fraction of sp³-hybridized carbons (Fsp3) is 0.158. The molecular weight excluding hydrogens is 318 g/mol. The summed E-state index contributed by atoms with van der Waals surface area (Å²) in [6.07, 6.45) is 1.84. The van der Waals surface area contributed by atoms with Gasteiger partial charge in [0.1, 0.15) is 0 Å². The first-order chi connectivity index (χ1) is 11.7. The molecule has 0 spiro atoms. The minimum Gasteiger partial charge on any atom is -0.308 e. The molecule has 0 fully saturated rings. The van der Waals surface area contributed by atoms with E-state index in [4.69, 9.17) is 0 Å². The number of nitrogens with one attached hydrogen (secondary N) is 1. The molecular formula is C19H19N3OS. The number of rotatable bonds is 6. The zero-order chi connectivity index (χ0) is 16.8. The zero-order valence-corrected chi connectivity index (χ0v) is 14.3. The molecule has 0 atom stereocenters. The van der Waals surface area contributed by atoms with Crippen LogP contribution in [0.1, 0.15) is 11.1 Å². The highest BCUT2D eigenvalue weighted by atomic mass is 32.2. The van der Waals surface area contributed by atoms with Gasteiger partial charge in [-0.15, -0.1) is 11.8 Å². The maximum atomic E-state index is 12.0. The van der Waals surface area contributed by atoms with Crippen LogP contribution in [0.25, 0.3) is 5.69 Å². The molecule has 24 heavy (non-hydrogen) atoms. The van der Waals surface area contributed by atoms with Gasteiger partial charge in [0, 0.05) is 18.0 Å². The van der Waals surface area contributed by atoms with Crippen LogP contribution in [0.15, 0.2) is 66.9 Å². The van der Waals surface area contributed by atoms with Crippen molar-refractivity contribution in [2.75, 3.05) is 11.1 Å². The van der Waals surface area contributed by atoms with Crippen LogP contribution < -0.4 is 5.32 Å². The molecule has 0 bridgehead atoms. The summed E-state index contributed by atoms with van der Waals surface area (Å²) in [6.45, 7) is 2.07. The second-order valence-electron chi connectivity index (χ2n) is 5.51. The molecule has 0 aliphatic carbocycles. The van der Waals surface area contributed by atoms with Crippen molar-refractivity contribution in [3.05, 3.63) is 78.0 Å². The number of thioether (sulfide) groups is 1. The maximum absolute atomic E-state index is 12.0. The average molecular weight is 337 g/mol. The number of aryl methyl sites for hydroxylation is 1. The van der Waals surface area contributed by atoms with E-state index in [-0.39, 0.29) is 5.91 Å². The molecule has 0 aliphatic rings. The summed E-state index contributed by atoms with van der Waals surface area (Å²) in [6, 6.07) is 20.0. The molecule has 1 N–H and O–H groups in total. The number of amides is 1. The Morgan fingerprint density at radius 2 is 1.83 bits per heavy atom. The van der Waals surface area contributed by atoms with Crippen LogP contribution in [-0.2, 0) is 10.5 Å². The summed E-state index contributed by atoms with van der Waals surface area (Å²) in [5, 5.41) is 7.21. The van der Waals surface area contributed by atoms with Gasteiger partial charge in [-0.2, -0.15) is 5.10 Å². The van der Waals surface area contributed by atoms with Crippen molar-refractivity contribution in [3.63, 3.8) is 0 Å². The van der Waals surface area contributed by atoms with Crippen molar-refractivity contribution in [2.24, 2.45) is 0 Å². The standard InChI is InChI=1S/C19H19N3OS/c1-15-7-9-16(10-8-15)13-24-14-19(23)20-18-11-12-22(21-18)17-5-3-2-4-6-17/h2-12H,13-14H2,1H3,(H,20,21,23). The van der Waals surface area contributed by atoms with E-state index >= 15 is 0 Å². The molecule has 1 heterocycles. The van der Waals surface area contributed by atoms with Crippen molar-refractivity contribution in [2.45, 2.75) is 12.7 Å². The third kappa shape index (κ3) is 4.49. The quantitative estimate of drug-likeness (QED) is 0.738.